The number of methoxy groups -OCH3 is 1. The lowest BCUT2D eigenvalue weighted by molar-refractivity contribution is -0.160. The molecule has 0 atom stereocenters. The number of halogens is 3. The molecule has 1 N–H and O–H groups in total. The van der Waals surface area contributed by atoms with Gasteiger partial charge in [-0.25, -0.2) is 4.39 Å². The highest BCUT2D eigenvalue weighted by molar-refractivity contribution is 9.10. The highest BCUT2D eigenvalue weighted by Gasteiger charge is 2.54. The minimum absolute atomic E-state index is 0.0824. The van der Waals surface area contributed by atoms with Gasteiger partial charge in [-0.2, -0.15) is 0 Å². The van der Waals surface area contributed by atoms with Gasteiger partial charge in [-0.3, -0.25) is 9.69 Å². The molecule has 5 rings (SSSR count). The summed E-state index contributed by atoms with van der Waals surface area (Å²) in [6.07, 6.45) is 4.54. The number of aliphatic carboxylic acids is 1. The van der Waals surface area contributed by atoms with Crippen LogP contribution in [-0.2, 0) is 11.3 Å². The molecule has 31 heavy (non-hydrogen) atoms. The van der Waals surface area contributed by atoms with Crippen LogP contribution in [0.1, 0.15) is 44.1 Å². The van der Waals surface area contributed by atoms with Crippen molar-refractivity contribution in [1.82, 2.24) is 4.90 Å². The normalized spacial score (nSPS) is 25.1. The molecule has 3 fully saturated rings. The average molecular weight is 511 g/mol. The summed E-state index contributed by atoms with van der Waals surface area (Å²) in [6, 6.07) is 8.89. The van der Waals surface area contributed by atoms with Crippen LogP contribution >= 0.6 is 27.5 Å². The first kappa shape index (κ1) is 22.6. The zero-order chi connectivity index (χ0) is 22.4. The molecule has 0 spiro atoms. The van der Waals surface area contributed by atoms with Crippen molar-refractivity contribution in [3.05, 3.63) is 51.2 Å². The molecule has 0 aromatic heterocycles. The van der Waals surface area contributed by atoms with E-state index in [1.54, 1.807) is 7.11 Å². The zero-order valence-corrected chi connectivity index (χ0v) is 20.0. The number of nitrogens with zero attached hydrogens (tertiary/aromatic N) is 1. The number of carboxylic acid groups (broad SMARTS) is 1. The Kier molecular flexibility index (Phi) is 6.10. The lowest BCUT2D eigenvalue weighted by Gasteiger charge is -2.55. The monoisotopic (exact) mass is 509 g/mol. The summed E-state index contributed by atoms with van der Waals surface area (Å²) in [5.41, 5.74) is 1.26. The molecular weight excluding hydrogens is 485 g/mol. The van der Waals surface area contributed by atoms with Gasteiger partial charge in [0.05, 0.1) is 17.5 Å². The third kappa shape index (κ3) is 3.87. The van der Waals surface area contributed by atoms with E-state index in [1.165, 1.54) is 6.07 Å². The molecule has 0 aliphatic heterocycles. The first-order valence-electron chi connectivity index (χ1n) is 10.5. The fourth-order valence-corrected chi connectivity index (χ4v) is 5.89. The van der Waals surface area contributed by atoms with Crippen molar-refractivity contribution in [2.75, 3.05) is 14.2 Å². The number of ether oxygens (including phenoxy) is 1. The molecule has 4 nitrogen and oxygen atoms in total. The fourth-order valence-electron chi connectivity index (χ4n) is 5.29. The van der Waals surface area contributed by atoms with Crippen LogP contribution in [0.3, 0.4) is 0 Å². The molecule has 2 aromatic rings. The summed E-state index contributed by atoms with van der Waals surface area (Å²) in [4.78, 5) is 13.9. The molecular formula is C24H26BrClFNO3. The van der Waals surface area contributed by atoms with Crippen LogP contribution in [0.15, 0.2) is 34.8 Å². The summed E-state index contributed by atoms with van der Waals surface area (Å²) in [7, 11) is 3.56. The minimum atomic E-state index is -0.669. The first-order valence-corrected chi connectivity index (χ1v) is 11.6. The number of carbonyl (C=O) groups is 1. The van der Waals surface area contributed by atoms with Crippen molar-refractivity contribution in [3.8, 4) is 16.9 Å². The van der Waals surface area contributed by atoms with E-state index in [-0.39, 0.29) is 11.4 Å². The Hall–Kier alpha value is -1.63. The Balaban J connectivity index is 1.61. The van der Waals surface area contributed by atoms with Crippen LogP contribution < -0.4 is 4.74 Å². The van der Waals surface area contributed by atoms with Gasteiger partial charge in [0, 0.05) is 27.7 Å². The first-order chi connectivity index (χ1) is 14.7. The van der Waals surface area contributed by atoms with Gasteiger partial charge < -0.3 is 9.84 Å². The molecule has 0 heterocycles. The third-order valence-electron chi connectivity index (χ3n) is 7.50. The van der Waals surface area contributed by atoms with Crippen molar-refractivity contribution in [3.63, 3.8) is 0 Å². The summed E-state index contributed by atoms with van der Waals surface area (Å²) in [6.45, 7) is 0.404. The van der Waals surface area contributed by atoms with Gasteiger partial charge in [-0.15, -0.1) is 0 Å². The van der Waals surface area contributed by atoms with Gasteiger partial charge in [-0.1, -0.05) is 23.7 Å². The number of rotatable bonds is 6. The average Bonchev–Trinajstić information content (AvgIpc) is 2.78. The van der Waals surface area contributed by atoms with Crippen molar-refractivity contribution in [2.24, 2.45) is 5.41 Å². The number of fused-ring (bicyclic) bond motifs is 3. The van der Waals surface area contributed by atoms with Crippen LogP contribution in [0.25, 0.3) is 11.1 Å². The predicted octanol–water partition coefficient (Wildman–Crippen LogP) is 6.53. The zero-order valence-electron chi connectivity index (χ0n) is 17.7. The van der Waals surface area contributed by atoms with Gasteiger partial charge in [0.15, 0.2) is 0 Å². The molecule has 3 saturated carbocycles. The van der Waals surface area contributed by atoms with Crippen LogP contribution in [0.4, 0.5) is 4.39 Å². The lowest BCUT2D eigenvalue weighted by Crippen LogP contribution is -2.57. The fraction of sp³-hybridized carbons (Fsp3) is 0.458. The van der Waals surface area contributed by atoms with E-state index < -0.39 is 11.4 Å². The molecule has 0 amide bonds. The Morgan fingerprint density at radius 2 is 1.87 bits per heavy atom. The summed E-state index contributed by atoms with van der Waals surface area (Å²) in [5.74, 6) is -0.515. The summed E-state index contributed by atoms with van der Waals surface area (Å²) >= 11 is 9.83. The minimum Gasteiger partial charge on any atom is -0.496 e. The van der Waals surface area contributed by atoms with E-state index in [0.717, 1.165) is 29.3 Å². The molecule has 7 heteroatoms. The summed E-state index contributed by atoms with van der Waals surface area (Å²) in [5, 5.41) is 10.2. The second kappa shape index (κ2) is 8.38. The van der Waals surface area contributed by atoms with E-state index in [0.29, 0.717) is 47.7 Å². The quantitative estimate of drug-likeness (QED) is 0.480. The summed E-state index contributed by atoms with van der Waals surface area (Å²) < 4.78 is 21.6. The van der Waals surface area contributed by atoms with Crippen LogP contribution in [0, 0.1) is 11.2 Å². The molecule has 166 valence electrons. The standard InChI is InChI=1S/C24H26BrClFNO3/c1-28(24-9-6-23(7-10-24,8-11-24)22(29)30)14-17-19(27)12-15(13-20(17)31-2)16-4-3-5-18(25)21(16)26/h3-5,12-13H,6-11,14H2,1-2H3,(H,29,30). The SMILES string of the molecule is COc1cc(-c2cccc(Br)c2Cl)cc(F)c1CN(C)C12CCC(C(=O)O)(CC1)CC2. The van der Waals surface area contributed by atoms with E-state index in [9.17, 15) is 9.90 Å². The molecule has 0 unspecified atom stereocenters. The maximum Gasteiger partial charge on any atom is 0.309 e. The van der Waals surface area contributed by atoms with E-state index >= 15 is 4.39 Å². The number of hydrogen-bond acceptors (Lipinski definition) is 3. The van der Waals surface area contributed by atoms with Crippen molar-refractivity contribution < 1.29 is 19.0 Å². The molecule has 0 saturated heterocycles. The maximum atomic E-state index is 15.3. The van der Waals surface area contributed by atoms with Gasteiger partial charge in [0.25, 0.3) is 0 Å². The van der Waals surface area contributed by atoms with Gasteiger partial charge >= 0.3 is 5.97 Å². The van der Waals surface area contributed by atoms with Crippen molar-refractivity contribution >= 4 is 33.5 Å². The van der Waals surface area contributed by atoms with E-state index in [2.05, 4.69) is 20.8 Å². The van der Waals surface area contributed by atoms with Gasteiger partial charge in [-0.05, 0) is 85.3 Å². The second-order valence-electron chi connectivity index (χ2n) is 8.91. The van der Waals surface area contributed by atoms with Crippen LogP contribution in [0.2, 0.25) is 5.02 Å². The second-order valence-corrected chi connectivity index (χ2v) is 10.1. The van der Waals surface area contributed by atoms with E-state index in [4.69, 9.17) is 16.3 Å². The van der Waals surface area contributed by atoms with Crippen molar-refractivity contribution in [1.29, 1.82) is 0 Å². The third-order valence-corrected chi connectivity index (χ3v) is 8.80. The molecule has 2 aromatic carbocycles. The number of hydrogen-bond donors (Lipinski definition) is 1. The molecule has 0 radical (unpaired) electrons. The smallest absolute Gasteiger partial charge is 0.309 e. The Labute approximate surface area is 195 Å². The highest BCUT2D eigenvalue weighted by Crippen LogP contribution is 2.55. The van der Waals surface area contributed by atoms with Crippen molar-refractivity contribution in [2.45, 2.75) is 50.6 Å². The molecule has 3 aliphatic carbocycles. The Morgan fingerprint density at radius 1 is 1.23 bits per heavy atom. The lowest BCUT2D eigenvalue weighted by atomic mass is 9.57. The predicted molar refractivity (Wildman–Crippen MR) is 123 cm³/mol. The molecule has 3 aliphatic rings. The highest BCUT2D eigenvalue weighted by atomic mass is 79.9. The Bertz CT molecular complexity index is 1000. The topological polar surface area (TPSA) is 49.8 Å². The number of carboxylic acids is 1. The van der Waals surface area contributed by atoms with E-state index in [1.807, 2.05) is 31.3 Å². The number of benzene rings is 2. The van der Waals surface area contributed by atoms with Crippen LogP contribution in [0.5, 0.6) is 5.75 Å². The van der Waals surface area contributed by atoms with Crippen LogP contribution in [-0.4, -0.2) is 35.7 Å². The van der Waals surface area contributed by atoms with Gasteiger partial charge in [0.2, 0.25) is 0 Å². The van der Waals surface area contributed by atoms with Gasteiger partial charge in [0.1, 0.15) is 11.6 Å². The maximum absolute atomic E-state index is 15.3. The molecule has 2 bridgehead atoms. The largest absolute Gasteiger partial charge is 0.496 e. The Morgan fingerprint density at radius 3 is 2.45 bits per heavy atom.